The first-order chi connectivity index (χ1) is 8.56. The number of likely N-dealkylation sites (tertiary alicyclic amines) is 1. The maximum Gasteiger partial charge on any atom is 0.317 e. The van der Waals surface area contributed by atoms with E-state index in [-0.39, 0.29) is 18.7 Å². The van der Waals surface area contributed by atoms with E-state index in [1.807, 2.05) is 6.92 Å². The molecule has 1 aliphatic rings. The molecule has 2 atom stereocenters. The largest absolute Gasteiger partial charge is 0.394 e. The van der Waals surface area contributed by atoms with E-state index >= 15 is 0 Å². The molecule has 18 heavy (non-hydrogen) atoms. The maximum atomic E-state index is 11.9. The van der Waals surface area contributed by atoms with Crippen LogP contribution in [-0.2, 0) is 4.74 Å². The van der Waals surface area contributed by atoms with E-state index in [4.69, 9.17) is 4.74 Å². The number of nitrogens with one attached hydrogen (secondary N) is 1. The average Bonchev–Trinajstić information content (AvgIpc) is 2.69. The molecule has 0 saturated carbocycles. The van der Waals surface area contributed by atoms with Crippen LogP contribution in [0.5, 0.6) is 0 Å². The Bertz CT molecular complexity index is 294. The van der Waals surface area contributed by atoms with Crippen LogP contribution in [0.15, 0.2) is 12.2 Å². The Morgan fingerprint density at radius 3 is 2.94 bits per heavy atom. The van der Waals surface area contributed by atoms with Gasteiger partial charge in [0.2, 0.25) is 0 Å². The Hall–Kier alpha value is -1.07. The van der Waals surface area contributed by atoms with E-state index in [1.165, 1.54) is 0 Å². The fourth-order valence-electron chi connectivity index (χ4n) is 2.12. The van der Waals surface area contributed by atoms with Crippen LogP contribution in [0.4, 0.5) is 4.79 Å². The zero-order chi connectivity index (χ0) is 13.5. The van der Waals surface area contributed by atoms with Crippen molar-refractivity contribution in [3.05, 3.63) is 12.2 Å². The smallest absolute Gasteiger partial charge is 0.317 e. The van der Waals surface area contributed by atoms with Crippen LogP contribution in [0.2, 0.25) is 0 Å². The van der Waals surface area contributed by atoms with Crippen molar-refractivity contribution in [1.82, 2.24) is 10.2 Å². The number of aliphatic hydroxyl groups excluding tert-OH is 1. The summed E-state index contributed by atoms with van der Waals surface area (Å²) < 4.78 is 5.30. The summed E-state index contributed by atoms with van der Waals surface area (Å²) >= 11 is 0. The summed E-state index contributed by atoms with van der Waals surface area (Å²) in [5.74, 6) is 0.361. The molecule has 5 nitrogen and oxygen atoms in total. The molecule has 0 bridgehead atoms. The lowest BCUT2D eigenvalue weighted by Gasteiger charge is -2.25. The molecule has 1 heterocycles. The normalized spacial score (nSPS) is 23.2. The van der Waals surface area contributed by atoms with Gasteiger partial charge in [0.15, 0.2) is 0 Å². The molecular formula is C13H24N2O3. The van der Waals surface area contributed by atoms with Gasteiger partial charge in [-0.2, -0.15) is 0 Å². The molecule has 0 spiro atoms. The van der Waals surface area contributed by atoms with Crippen LogP contribution in [0.25, 0.3) is 0 Å². The van der Waals surface area contributed by atoms with E-state index in [0.29, 0.717) is 32.2 Å². The standard InChI is InChI=1S/C13H24N2O3/c1-10(2)9-18-7-5-14-13(17)15-6-4-11(3)12(15)8-16/h11-12,16H,1,4-9H2,2-3H3,(H,14,17)/t11-,12-/m0/s1. The van der Waals surface area contributed by atoms with E-state index in [1.54, 1.807) is 4.90 Å². The SMILES string of the molecule is C=C(C)COCCNC(=O)N1CC[C@H](C)[C@@H]1CO. The second-order valence-electron chi connectivity index (χ2n) is 4.95. The van der Waals surface area contributed by atoms with Crippen LogP contribution in [0, 0.1) is 5.92 Å². The van der Waals surface area contributed by atoms with Crippen LogP contribution in [-0.4, -0.2) is 55.0 Å². The van der Waals surface area contributed by atoms with Crippen molar-refractivity contribution in [2.24, 2.45) is 5.92 Å². The quantitative estimate of drug-likeness (QED) is 0.550. The summed E-state index contributed by atoms with van der Waals surface area (Å²) in [5, 5.41) is 12.1. The summed E-state index contributed by atoms with van der Waals surface area (Å²) in [6.07, 6.45) is 0.949. The van der Waals surface area contributed by atoms with Crippen molar-refractivity contribution in [2.75, 3.05) is 32.9 Å². The molecule has 0 aliphatic carbocycles. The van der Waals surface area contributed by atoms with Crippen molar-refractivity contribution < 1.29 is 14.6 Å². The lowest BCUT2D eigenvalue weighted by atomic mass is 10.0. The topological polar surface area (TPSA) is 61.8 Å². The number of hydrogen-bond donors (Lipinski definition) is 2. The third-order valence-corrected chi connectivity index (χ3v) is 3.20. The molecule has 1 saturated heterocycles. The van der Waals surface area contributed by atoms with Crippen LogP contribution in [0.1, 0.15) is 20.3 Å². The third-order valence-electron chi connectivity index (χ3n) is 3.20. The van der Waals surface area contributed by atoms with Gasteiger partial charge in [-0.05, 0) is 19.3 Å². The van der Waals surface area contributed by atoms with Crippen LogP contribution in [0.3, 0.4) is 0 Å². The first kappa shape index (κ1) is 15.0. The molecule has 2 amide bonds. The van der Waals surface area contributed by atoms with Crippen molar-refractivity contribution in [1.29, 1.82) is 0 Å². The summed E-state index contributed by atoms with van der Waals surface area (Å²) in [6.45, 7) is 9.91. The predicted molar refractivity (Wildman–Crippen MR) is 70.4 cm³/mol. The van der Waals surface area contributed by atoms with E-state index in [2.05, 4.69) is 18.8 Å². The minimum absolute atomic E-state index is 0.0285. The Kier molecular flexibility index (Phi) is 6.15. The van der Waals surface area contributed by atoms with Crippen LogP contribution >= 0.6 is 0 Å². The molecule has 104 valence electrons. The molecule has 2 N–H and O–H groups in total. The number of amides is 2. The number of hydrogen-bond acceptors (Lipinski definition) is 3. The van der Waals surface area contributed by atoms with Gasteiger partial charge in [-0.25, -0.2) is 4.79 Å². The van der Waals surface area contributed by atoms with Crippen molar-refractivity contribution in [2.45, 2.75) is 26.3 Å². The average molecular weight is 256 g/mol. The lowest BCUT2D eigenvalue weighted by Crippen LogP contribution is -2.46. The summed E-state index contributed by atoms with van der Waals surface area (Å²) in [5.41, 5.74) is 0.968. The van der Waals surface area contributed by atoms with Crippen molar-refractivity contribution in [3.8, 4) is 0 Å². The highest BCUT2D eigenvalue weighted by atomic mass is 16.5. The molecule has 1 fully saturated rings. The Labute approximate surface area is 109 Å². The highest BCUT2D eigenvalue weighted by Crippen LogP contribution is 2.23. The van der Waals surface area contributed by atoms with Gasteiger partial charge in [-0.3, -0.25) is 0 Å². The zero-order valence-electron chi connectivity index (χ0n) is 11.3. The van der Waals surface area contributed by atoms with Gasteiger partial charge in [-0.1, -0.05) is 19.1 Å². The van der Waals surface area contributed by atoms with Gasteiger partial charge in [-0.15, -0.1) is 0 Å². The molecule has 0 radical (unpaired) electrons. The van der Waals surface area contributed by atoms with Crippen LogP contribution < -0.4 is 5.32 Å². The van der Waals surface area contributed by atoms with E-state index < -0.39 is 0 Å². The molecule has 0 unspecified atom stereocenters. The van der Waals surface area contributed by atoms with E-state index in [9.17, 15) is 9.90 Å². The predicted octanol–water partition coefficient (Wildman–Crippen LogP) is 0.991. The molecule has 1 aliphatic heterocycles. The Morgan fingerprint density at radius 1 is 1.61 bits per heavy atom. The number of carbonyl (C=O) groups is 1. The molecule has 1 rings (SSSR count). The monoisotopic (exact) mass is 256 g/mol. The number of urea groups is 1. The summed E-state index contributed by atoms with van der Waals surface area (Å²) in [4.78, 5) is 13.6. The number of carbonyl (C=O) groups excluding carboxylic acids is 1. The van der Waals surface area contributed by atoms with Crippen molar-refractivity contribution >= 4 is 6.03 Å². The van der Waals surface area contributed by atoms with E-state index in [0.717, 1.165) is 12.0 Å². The number of ether oxygens (including phenoxy) is 1. The highest BCUT2D eigenvalue weighted by molar-refractivity contribution is 5.74. The number of rotatable bonds is 6. The van der Waals surface area contributed by atoms with Crippen molar-refractivity contribution in [3.63, 3.8) is 0 Å². The minimum atomic E-state index is -0.114. The summed E-state index contributed by atoms with van der Waals surface area (Å²) in [6, 6.07) is -0.168. The fraction of sp³-hybridized carbons (Fsp3) is 0.769. The minimum Gasteiger partial charge on any atom is -0.394 e. The highest BCUT2D eigenvalue weighted by Gasteiger charge is 2.33. The molecule has 5 heteroatoms. The number of aliphatic hydroxyl groups is 1. The second kappa shape index (κ2) is 7.38. The van der Waals surface area contributed by atoms with Gasteiger partial charge in [0, 0.05) is 13.1 Å². The first-order valence-corrected chi connectivity index (χ1v) is 6.43. The molecule has 0 aromatic heterocycles. The van der Waals surface area contributed by atoms with Gasteiger partial charge >= 0.3 is 6.03 Å². The van der Waals surface area contributed by atoms with Gasteiger partial charge in [0.05, 0.1) is 25.9 Å². The van der Waals surface area contributed by atoms with Gasteiger partial charge in [0.25, 0.3) is 0 Å². The fourth-order valence-corrected chi connectivity index (χ4v) is 2.12. The molecule has 0 aromatic rings. The molecular weight excluding hydrogens is 232 g/mol. The van der Waals surface area contributed by atoms with Gasteiger partial charge in [0.1, 0.15) is 0 Å². The third kappa shape index (κ3) is 4.31. The second-order valence-corrected chi connectivity index (χ2v) is 4.95. The first-order valence-electron chi connectivity index (χ1n) is 6.43. The zero-order valence-corrected chi connectivity index (χ0v) is 11.3. The van der Waals surface area contributed by atoms with Gasteiger partial charge < -0.3 is 20.1 Å². The molecule has 0 aromatic carbocycles. The Morgan fingerprint density at radius 2 is 2.33 bits per heavy atom. The summed E-state index contributed by atoms with van der Waals surface area (Å²) in [7, 11) is 0. The number of nitrogens with zero attached hydrogens (tertiary/aromatic N) is 1. The maximum absolute atomic E-state index is 11.9. The lowest BCUT2D eigenvalue weighted by molar-refractivity contribution is 0.134. The Balaban J connectivity index is 2.22.